The van der Waals surface area contributed by atoms with Crippen LogP contribution in [0.15, 0.2) is 0 Å². The molecule has 0 aliphatic carbocycles. The molecule has 0 atom stereocenters. The molecule has 0 aromatic heterocycles. The molecule has 2 nitrogen and oxygen atoms in total. The number of esters is 1. The van der Waals surface area contributed by atoms with Crippen molar-refractivity contribution in [3.8, 4) is 0 Å². The van der Waals surface area contributed by atoms with E-state index in [1.807, 2.05) is 0 Å². The SMILES string of the molecule is CC(=O)OC1C[Se]C1. The van der Waals surface area contributed by atoms with Crippen LogP contribution in [0.2, 0.25) is 10.6 Å². The van der Waals surface area contributed by atoms with Crippen LogP contribution in [-0.2, 0) is 9.53 Å². The predicted molar refractivity (Wildman–Crippen MR) is 30.9 cm³/mol. The Morgan fingerprint density at radius 3 is 2.50 bits per heavy atom. The third-order valence-electron chi connectivity index (χ3n) is 0.940. The van der Waals surface area contributed by atoms with E-state index in [0.717, 1.165) is 25.6 Å². The Kier molecular flexibility index (Phi) is 1.92. The summed E-state index contributed by atoms with van der Waals surface area (Å²) in [6, 6.07) is 0. The molecule has 0 spiro atoms. The minimum absolute atomic E-state index is 0.134. The molecule has 0 saturated carbocycles. The van der Waals surface area contributed by atoms with Crippen molar-refractivity contribution in [3.63, 3.8) is 0 Å². The van der Waals surface area contributed by atoms with Crippen LogP contribution in [0.4, 0.5) is 0 Å². The van der Waals surface area contributed by atoms with Gasteiger partial charge in [-0.25, -0.2) is 0 Å². The summed E-state index contributed by atoms with van der Waals surface area (Å²) in [5.74, 6) is -0.134. The number of carbonyl (C=O) groups is 1. The fourth-order valence-corrected chi connectivity index (χ4v) is 1.70. The van der Waals surface area contributed by atoms with E-state index in [9.17, 15) is 4.79 Å². The summed E-state index contributed by atoms with van der Waals surface area (Å²) in [5.41, 5.74) is 0. The first-order chi connectivity index (χ1) is 3.79. The quantitative estimate of drug-likeness (QED) is 0.432. The van der Waals surface area contributed by atoms with Gasteiger partial charge in [0.05, 0.1) is 0 Å². The Morgan fingerprint density at radius 1 is 1.75 bits per heavy atom. The molecule has 0 aromatic carbocycles. The van der Waals surface area contributed by atoms with Gasteiger partial charge in [0.15, 0.2) is 0 Å². The zero-order valence-corrected chi connectivity index (χ0v) is 6.43. The summed E-state index contributed by atoms with van der Waals surface area (Å²) in [6.07, 6.45) is 0.285. The van der Waals surface area contributed by atoms with Crippen LogP contribution in [0.5, 0.6) is 0 Å². The van der Waals surface area contributed by atoms with E-state index in [1.165, 1.54) is 6.92 Å². The van der Waals surface area contributed by atoms with Gasteiger partial charge >= 0.3 is 54.1 Å². The third kappa shape index (κ3) is 1.49. The molecule has 1 heterocycles. The van der Waals surface area contributed by atoms with Gasteiger partial charge in [0.25, 0.3) is 0 Å². The van der Waals surface area contributed by atoms with Gasteiger partial charge in [-0.3, -0.25) is 0 Å². The third-order valence-corrected chi connectivity index (χ3v) is 3.49. The zero-order chi connectivity index (χ0) is 5.98. The second-order valence-corrected chi connectivity index (χ2v) is 4.02. The second kappa shape index (κ2) is 2.51. The summed E-state index contributed by atoms with van der Waals surface area (Å²) >= 11 is 0.778. The molecule has 1 saturated heterocycles. The Hall–Kier alpha value is -0.0105. The summed E-state index contributed by atoms with van der Waals surface area (Å²) in [4.78, 5) is 10.2. The van der Waals surface area contributed by atoms with E-state index in [-0.39, 0.29) is 12.1 Å². The molecule has 1 aliphatic rings. The van der Waals surface area contributed by atoms with E-state index in [4.69, 9.17) is 4.74 Å². The molecule has 8 heavy (non-hydrogen) atoms. The Bertz CT molecular complexity index is 98.6. The van der Waals surface area contributed by atoms with E-state index in [0.29, 0.717) is 0 Å². The topological polar surface area (TPSA) is 26.3 Å². The molecule has 0 N–H and O–H groups in total. The number of rotatable bonds is 1. The number of hydrogen-bond acceptors (Lipinski definition) is 2. The van der Waals surface area contributed by atoms with E-state index in [2.05, 4.69) is 0 Å². The summed E-state index contributed by atoms with van der Waals surface area (Å²) < 4.78 is 4.86. The van der Waals surface area contributed by atoms with Crippen molar-refractivity contribution in [2.45, 2.75) is 23.7 Å². The van der Waals surface area contributed by atoms with Crippen molar-refractivity contribution in [3.05, 3.63) is 0 Å². The normalized spacial score (nSPS) is 19.6. The molecular formula is C5H8O2Se. The predicted octanol–water partition coefficient (Wildman–Crippen LogP) is 0.472. The second-order valence-electron chi connectivity index (χ2n) is 1.77. The van der Waals surface area contributed by atoms with Gasteiger partial charge in [-0.15, -0.1) is 0 Å². The maximum atomic E-state index is 10.2. The zero-order valence-electron chi connectivity index (χ0n) is 4.72. The van der Waals surface area contributed by atoms with Crippen LogP contribution in [0.25, 0.3) is 0 Å². The molecule has 3 heteroatoms. The molecule has 0 unspecified atom stereocenters. The van der Waals surface area contributed by atoms with Crippen LogP contribution >= 0.6 is 0 Å². The number of hydrogen-bond donors (Lipinski definition) is 0. The van der Waals surface area contributed by atoms with Gasteiger partial charge in [-0.1, -0.05) is 0 Å². The van der Waals surface area contributed by atoms with Gasteiger partial charge in [-0.05, 0) is 0 Å². The van der Waals surface area contributed by atoms with E-state index >= 15 is 0 Å². The average molecular weight is 179 g/mol. The first-order valence-electron chi connectivity index (χ1n) is 2.54. The molecule has 0 amide bonds. The minimum atomic E-state index is -0.134. The fourth-order valence-electron chi connectivity index (χ4n) is 0.517. The standard InChI is InChI=1S/C5H8O2Se/c1-4(6)7-5-2-8-3-5/h5H,2-3H2,1H3. The Morgan fingerprint density at radius 2 is 2.38 bits per heavy atom. The molecule has 0 bridgehead atoms. The summed E-state index contributed by atoms with van der Waals surface area (Å²) in [7, 11) is 0. The maximum absolute atomic E-state index is 10.2. The first-order valence-corrected chi connectivity index (χ1v) is 4.96. The molecule has 0 radical (unpaired) electrons. The van der Waals surface area contributed by atoms with Crippen molar-refractivity contribution >= 4 is 20.9 Å². The van der Waals surface area contributed by atoms with Crippen LogP contribution in [0, 0.1) is 0 Å². The van der Waals surface area contributed by atoms with Crippen molar-refractivity contribution in [1.29, 1.82) is 0 Å². The van der Waals surface area contributed by atoms with Gasteiger partial charge in [0, 0.05) is 0 Å². The molecular weight excluding hydrogens is 171 g/mol. The number of carbonyl (C=O) groups excluding carboxylic acids is 1. The van der Waals surface area contributed by atoms with Crippen molar-refractivity contribution in [2.24, 2.45) is 0 Å². The molecule has 1 rings (SSSR count). The van der Waals surface area contributed by atoms with Crippen molar-refractivity contribution in [1.82, 2.24) is 0 Å². The van der Waals surface area contributed by atoms with Crippen LogP contribution in [0.3, 0.4) is 0 Å². The van der Waals surface area contributed by atoms with Gasteiger partial charge in [0.2, 0.25) is 0 Å². The Labute approximate surface area is 54.7 Å². The summed E-state index contributed by atoms with van der Waals surface area (Å²) in [6.45, 7) is 1.46. The number of ether oxygens (including phenoxy) is 1. The molecule has 46 valence electrons. The Balaban J connectivity index is 2.09. The van der Waals surface area contributed by atoms with Crippen LogP contribution in [-0.4, -0.2) is 27.0 Å². The van der Waals surface area contributed by atoms with E-state index < -0.39 is 0 Å². The first kappa shape index (κ1) is 6.11. The molecule has 1 aliphatic heterocycles. The van der Waals surface area contributed by atoms with Crippen LogP contribution < -0.4 is 0 Å². The molecule has 1 fully saturated rings. The monoisotopic (exact) mass is 180 g/mol. The van der Waals surface area contributed by atoms with Gasteiger partial charge < -0.3 is 0 Å². The van der Waals surface area contributed by atoms with Gasteiger partial charge in [-0.2, -0.15) is 0 Å². The average Bonchev–Trinajstić information content (AvgIpc) is 1.55. The van der Waals surface area contributed by atoms with E-state index in [1.54, 1.807) is 0 Å². The van der Waals surface area contributed by atoms with Crippen LogP contribution in [0.1, 0.15) is 6.92 Å². The van der Waals surface area contributed by atoms with Crippen molar-refractivity contribution < 1.29 is 9.53 Å². The molecule has 0 aromatic rings. The van der Waals surface area contributed by atoms with Gasteiger partial charge in [0.1, 0.15) is 0 Å². The van der Waals surface area contributed by atoms with Crippen molar-refractivity contribution in [2.75, 3.05) is 0 Å². The fraction of sp³-hybridized carbons (Fsp3) is 0.800. The summed E-state index contributed by atoms with van der Waals surface area (Å²) in [5, 5.41) is 2.26.